The Morgan fingerprint density at radius 1 is 0.962 bits per heavy atom. The first-order valence-electron chi connectivity index (χ1n) is 10.2. The normalized spacial score (nSPS) is 23.8. The van der Waals surface area contributed by atoms with Crippen LogP contribution in [0, 0.1) is 5.92 Å². The van der Waals surface area contributed by atoms with Gasteiger partial charge in [0.15, 0.2) is 0 Å². The summed E-state index contributed by atoms with van der Waals surface area (Å²) in [6.45, 7) is 3.78. The summed E-state index contributed by atoms with van der Waals surface area (Å²) in [5.74, 6) is 1.52. The Bertz CT molecular complexity index is 880. The van der Waals surface area contributed by atoms with Gasteiger partial charge in [-0.1, -0.05) is 48.5 Å². The molecular weight excluding hydrogens is 316 g/mol. The number of likely N-dealkylation sites (tertiary alicyclic amines) is 1. The van der Waals surface area contributed by atoms with Crippen LogP contribution in [0.25, 0.3) is 10.9 Å². The zero-order valence-corrected chi connectivity index (χ0v) is 15.5. The van der Waals surface area contributed by atoms with E-state index in [0.717, 1.165) is 11.8 Å². The van der Waals surface area contributed by atoms with Crippen molar-refractivity contribution in [3.63, 3.8) is 0 Å². The number of benzene rings is 2. The van der Waals surface area contributed by atoms with Crippen molar-refractivity contribution in [2.24, 2.45) is 5.92 Å². The number of nitrogens with one attached hydrogen (secondary N) is 1. The molecule has 0 spiro atoms. The lowest BCUT2D eigenvalue weighted by Crippen LogP contribution is -2.39. The van der Waals surface area contributed by atoms with Crippen LogP contribution in [0.5, 0.6) is 0 Å². The summed E-state index contributed by atoms with van der Waals surface area (Å²) in [6.07, 6.45) is 6.46. The van der Waals surface area contributed by atoms with E-state index < -0.39 is 0 Å². The van der Waals surface area contributed by atoms with Crippen molar-refractivity contribution in [3.8, 4) is 0 Å². The third kappa shape index (κ3) is 3.07. The molecule has 26 heavy (non-hydrogen) atoms. The molecule has 1 aliphatic heterocycles. The van der Waals surface area contributed by atoms with Crippen molar-refractivity contribution in [3.05, 3.63) is 71.4 Å². The van der Waals surface area contributed by atoms with Gasteiger partial charge in [-0.05, 0) is 67.7 Å². The summed E-state index contributed by atoms with van der Waals surface area (Å²) in [4.78, 5) is 6.40. The number of hydrogen-bond acceptors (Lipinski definition) is 1. The van der Waals surface area contributed by atoms with Gasteiger partial charge in [-0.25, -0.2) is 0 Å². The first kappa shape index (κ1) is 16.1. The van der Waals surface area contributed by atoms with Crippen LogP contribution in [0.1, 0.15) is 42.0 Å². The van der Waals surface area contributed by atoms with E-state index in [4.69, 9.17) is 0 Å². The fourth-order valence-electron chi connectivity index (χ4n) is 5.18. The van der Waals surface area contributed by atoms with Crippen molar-refractivity contribution < 1.29 is 0 Å². The van der Waals surface area contributed by atoms with Gasteiger partial charge < -0.3 is 9.88 Å². The van der Waals surface area contributed by atoms with Gasteiger partial charge in [0, 0.05) is 29.7 Å². The highest BCUT2D eigenvalue weighted by atomic mass is 15.1. The highest BCUT2D eigenvalue weighted by Gasteiger charge is 2.27. The van der Waals surface area contributed by atoms with E-state index in [1.54, 1.807) is 5.56 Å². The SMILES string of the molecule is c1ccc(C2CCCN(CC3CCc4[nH]c5ccccc5c4C3)C2)cc1. The average molecular weight is 345 g/mol. The first-order valence-corrected chi connectivity index (χ1v) is 10.2. The van der Waals surface area contributed by atoms with Crippen LogP contribution >= 0.6 is 0 Å². The van der Waals surface area contributed by atoms with Gasteiger partial charge in [0.25, 0.3) is 0 Å². The van der Waals surface area contributed by atoms with Gasteiger partial charge in [-0.2, -0.15) is 0 Å². The minimum atomic E-state index is 0.720. The molecule has 2 unspecified atom stereocenters. The number of nitrogens with zero attached hydrogens (tertiary/aromatic N) is 1. The number of rotatable bonds is 3. The fraction of sp³-hybridized carbons (Fsp3) is 0.417. The van der Waals surface area contributed by atoms with Crippen LogP contribution < -0.4 is 0 Å². The monoisotopic (exact) mass is 344 g/mol. The number of fused-ring (bicyclic) bond motifs is 3. The summed E-state index contributed by atoms with van der Waals surface area (Å²) in [5.41, 5.74) is 5.93. The van der Waals surface area contributed by atoms with Gasteiger partial charge in [-0.15, -0.1) is 0 Å². The van der Waals surface area contributed by atoms with Crippen LogP contribution in [0.3, 0.4) is 0 Å². The molecule has 1 saturated heterocycles. The quantitative estimate of drug-likeness (QED) is 0.696. The van der Waals surface area contributed by atoms with Gasteiger partial charge in [0.1, 0.15) is 0 Å². The molecule has 1 N–H and O–H groups in total. The van der Waals surface area contributed by atoms with Crippen molar-refractivity contribution in [1.82, 2.24) is 9.88 Å². The third-order valence-electron chi connectivity index (χ3n) is 6.49. The highest BCUT2D eigenvalue weighted by Crippen LogP contribution is 2.33. The standard InChI is InChI=1S/C24H28N2/c1-2-7-19(8-3-1)20-9-6-14-26(17-20)16-18-12-13-24-22(15-18)21-10-4-5-11-23(21)25-24/h1-5,7-8,10-11,18,20,25H,6,9,12-17H2. The minimum absolute atomic E-state index is 0.720. The average Bonchev–Trinajstić information content (AvgIpc) is 3.07. The van der Waals surface area contributed by atoms with E-state index in [2.05, 4.69) is 64.5 Å². The molecule has 0 bridgehead atoms. The number of para-hydroxylation sites is 1. The topological polar surface area (TPSA) is 19.0 Å². The highest BCUT2D eigenvalue weighted by molar-refractivity contribution is 5.84. The second-order valence-corrected chi connectivity index (χ2v) is 8.25. The van der Waals surface area contributed by atoms with E-state index in [9.17, 15) is 0 Å². The van der Waals surface area contributed by atoms with Crippen LogP contribution in [-0.4, -0.2) is 29.5 Å². The predicted molar refractivity (Wildman–Crippen MR) is 109 cm³/mol. The molecule has 0 saturated carbocycles. The van der Waals surface area contributed by atoms with Crippen molar-refractivity contribution in [1.29, 1.82) is 0 Å². The number of hydrogen-bond donors (Lipinski definition) is 1. The molecule has 1 fully saturated rings. The van der Waals surface area contributed by atoms with Crippen molar-refractivity contribution in [2.45, 2.75) is 38.0 Å². The summed E-state index contributed by atoms with van der Waals surface area (Å²) >= 11 is 0. The van der Waals surface area contributed by atoms with E-state index in [0.29, 0.717) is 0 Å². The molecule has 3 aromatic rings. The Labute approximate surface area is 156 Å². The number of H-pyrrole nitrogens is 1. The second kappa shape index (κ2) is 6.92. The molecule has 2 heterocycles. The van der Waals surface area contributed by atoms with Crippen molar-refractivity contribution in [2.75, 3.05) is 19.6 Å². The zero-order valence-electron chi connectivity index (χ0n) is 15.5. The van der Waals surface area contributed by atoms with Gasteiger partial charge in [-0.3, -0.25) is 0 Å². The molecule has 0 radical (unpaired) electrons. The van der Waals surface area contributed by atoms with E-state index >= 15 is 0 Å². The Balaban J connectivity index is 1.28. The Morgan fingerprint density at radius 2 is 1.81 bits per heavy atom. The molecule has 134 valence electrons. The molecule has 1 aromatic heterocycles. The third-order valence-corrected chi connectivity index (χ3v) is 6.49. The Hall–Kier alpha value is -2.06. The maximum atomic E-state index is 3.66. The maximum Gasteiger partial charge on any atom is 0.0458 e. The lowest BCUT2D eigenvalue weighted by molar-refractivity contribution is 0.172. The molecule has 2 atom stereocenters. The van der Waals surface area contributed by atoms with Crippen LogP contribution in [0.15, 0.2) is 54.6 Å². The lowest BCUT2D eigenvalue weighted by Gasteiger charge is -2.36. The summed E-state index contributed by atoms with van der Waals surface area (Å²) < 4.78 is 0. The molecule has 5 rings (SSSR count). The molecule has 2 heteroatoms. The van der Waals surface area contributed by atoms with Gasteiger partial charge >= 0.3 is 0 Å². The van der Waals surface area contributed by atoms with Crippen molar-refractivity contribution >= 4 is 10.9 Å². The molecular formula is C24H28N2. The van der Waals surface area contributed by atoms with Crippen LogP contribution in [-0.2, 0) is 12.8 Å². The number of aromatic amines is 1. The summed E-state index contributed by atoms with van der Waals surface area (Å²) in [6, 6.07) is 20.0. The smallest absolute Gasteiger partial charge is 0.0458 e. The minimum Gasteiger partial charge on any atom is -0.358 e. The maximum absolute atomic E-state index is 3.66. The van der Waals surface area contributed by atoms with E-state index in [-0.39, 0.29) is 0 Å². The van der Waals surface area contributed by atoms with E-state index in [1.807, 2.05) is 0 Å². The number of piperidine rings is 1. The fourth-order valence-corrected chi connectivity index (χ4v) is 5.18. The number of aromatic nitrogens is 1. The molecule has 2 nitrogen and oxygen atoms in total. The molecule has 0 amide bonds. The lowest BCUT2D eigenvalue weighted by atomic mass is 9.84. The summed E-state index contributed by atoms with van der Waals surface area (Å²) in [7, 11) is 0. The van der Waals surface area contributed by atoms with Crippen LogP contribution in [0.2, 0.25) is 0 Å². The molecule has 2 aromatic carbocycles. The molecule has 1 aliphatic carbocycles. The zero-order chi connectivity index (χ0) is 17.3. The largest absolute Gasteiger partial charge is 0.358 e. The van der Waals surface area contributed by atoms with Gasteiger partial charge in [0.2, 0.25) is 0 Å². The Kier molecular flexibility index (Phi) is 4.30. The molecule has 2 aliphatic rings. The number of aryl methyl sites for hydroxylation is 1. The second-order valence-electron chi connectivity index (χ2n) is 8.25. The van der Waals surface area contributed by atoms with Crippen LogP contribution in [0.4, 0.5) is 0 Å². The Morgan fingerprint density at radius 3 is 2.73 bits per heavy atom. The predicted octanol–water partition coefficient (Wildman–Crippen LogP) is 5.15. The van der Waals surface area contributed by atoms with E-state index in [1.165, 1.54) is 73.9 Å². The summed E-state index contributed by atoms with van der Waals surface area (Å²) in [5, 5.41) is 1.45. The van der Waals surface area contributed by atoms with Gasteiger partial charge in [0.05, 0.1) is 0 Å². The first-order chi connectivity index (χ1) is 12.9.